The fourth-order valence-corrected chi connectivity index (χ4v) is 3.06. The number of aliphatic hydroxyl groups is 1. The second kappa shape index (κ2) is 7.02. The molecular formula is C17H23NOS. The fourth-order valence-electron chi connectivity index (χ4n) is 2.39. The molecule has 0 saturated carbocycles. The van der Waals surface area contributed by atoms with E-state index >= 15 is 0 Å². The molecule has 0 bridgehead atoms. The van der Waals surface area contributed by atoms with Gasteiger partial charge in [-0.2, -0.15) is 11.3 Å². The normalized spacial score (nSPS) is 13.3. The summed E-state index contributed by atoms with van der Waals surface area (Å²) < 4.78 is 0. The minimum Gasteiger partial charge on any atom is -0.396 e. The molecule has 0 saturated heterocycles. The number of thiophene rings is 1. The largest absolute Gasteiger partial charge is 0.396 e. The first-order valence-corrected chi connectivity index (χ1v) is 7.95. The Labute approximate surface area is 125 Å². The second-order valence-electron chi connectivity index (χ2n) is 5.87. The lowest BCUT2D eigenvalue weighted by molar-refractivity contribution is 0.129. The van der Waals surface area contributed by atoms with Crippen molar-refractivity contribution < 1.29 is 5.11 Å². The highest BCUT2D eigenvalue weighted by Crippen LogP contribution is 2.34. The maximum Gasteiger partial charge on any atom is 0.0488 e. The Morgan fingerprint density at radius 2 is 1.95 bits per heavy atom. The van der Waals surface area contributed by atoms with Crippen molar-refractivity contribution in [3.8, 4) is 0 Å². The Morgan fingerprint density at radius 3 is 2.55 bits per heavy atom. The highest BCUT2D eigenvalue weighted by Gasteiger charge is 2.29. The molecule has 1 atom stereocenters. The highest BCUT2D eigenvalue weighted by molar-refractivity contribution is 7.07. The molecule has 1 unspecified atom stereocenters. The fraction of sp³-hybridized carbons (Fsp3) is 0.412. The molecule has 20 heavy (non-hydrogen) atoms. The second-order valence-corrected chi connectivity index (χ2v) is 6.65. The lowest BCUT2D eigenvalue weighted by Crippen LogP contribution is -2.34. The molecule has 1 heterocycles. The van der Waals surface area contributed by atoms with E-state index in [4.69, 9.17) is 0 Å². The molecule has 0 fully saturated rings. The van der Waals surface area contributed by atoms with E-state index in [0.29, 0.717) is 5.92 Å². The van der Waals surface area contributed by atoms with Crippen LogP contribution in [0.5, 0.6) is 0 Å². The maximum absolute atomic E-state index is 9.68. The summed E-state index contributed by atoms with van der Waals surface area (Å²) in [5.74, 6) is 0.298. The first-order valence-electron chi connectivity index (χ1n) is 7.01. The van der Waals surface area contributed by atoms with Gasteiger partial charge in [-0.3, -0.25) is 0 Å². The van der Waals surface area contributed by atoms with Gasteiger partial charge in [0.15, 0.2) is 0 Å². The number of rotatable bonds is 7. The summed E-state index contributed by atoms with van der Waals surface area (Å²) in [6.07, 6.45) is 0. The molecule has 108 valence electrons. The van der Waals surface area contributed by atoms with Crippen LogP contribution in [0.15, 0.2) is 47.2 Å². The van der Waals surface area contributed by atoms with Crippen LogP contribution in [0, 0.1) is 5.41 Å². The summed E-state index contributed by atoms with van der Waals surface area (Å²) in [4.78, 5) is 0. The number of nitrogens with one attached hydrogen (secondary N) is 1. The molecule has 0 aliphatic heterocycles. The molecule has 3 heteroatoms. The highest BCUT2D eigenvalue weighted by atomic mass is 32.1. The Bertz CT molecular complexity index is 493. The van der Waals surface area contributed by atoms with Crippen LogP contribution in [0.1, 0.15) is 30.9 Å². The molecule has 1 aromatic heterocycles. The smallest absolute Gasteiger partial charge is 0.0488 e. The van der Waals surface area contributed by atoms with Crippen LogP contribution in [0.4, 0.5) is 0 Å². The third-order valence-corrected chi connectivity index (χ3v) is 4.54. The quantitative estimate of drug-likeness (QED) is 0.815. The van der Waals surface area contributed by atoms with Crippen LogP contribution in [-0.4, -0.2) is 18.3 Å². The Balaban J connectivity index is 2.03. The third kappa shape index (κ3) is 3.92. The predicted molar refractivity (Wildman–Crippen MR) is 86.1 cm³/mol. The van der Waals surface area contributed by atoms with E-state index in [1.165, 1.54) is 11.1 Å². The molecule has 2 aromatic rings. The minimum absolute atomic E-state index is 0.136. The molecule has 2 N–H and O–H groups in total. The van der Waals surface area contributed by atoms with Gasteiger partial charge in [0, 0.05) is 25.6 Å². The van der Waals surface area contributed by atoms with Crippen molar-refractivity contribution in [2.45, 2.75) is 26.3 Å². The number of aliphatic hydroxyl groups excluding tert-OH is 1. The Morgan fingerprint density at radius 1 is 1.20 bits per heavy atom. The van der Waals surface area contributed by atoms with Crippen LogP contribution < -0.4 is 5.32 Å². The minimum atomic E-state index is -0.136. The molecule has 0 spiro atoms. The molecule has 2 rings (SSSR count). The van der Waals surface area contributed by atoms with E-state index in [2.05, 4.69) is 60.3 Å². The van der Waals surface area contributed by atoms with Crippen molar-refractivity contribution in [1.29, 1.82) is 0 Å². The lowest BCUT2D eigenvalue weighted by Gasteiger charge is -2.33. The average molecular weight is 289 g/mol. The van der Waals surface area contributed by atoms with Crippen LogP contribution >= 0.6 is 11.3 Å². The molecule has 1 aromatic carbocycles. The standard InChI is InChI=1S/C17H23NOS/c1-17(2,13-19)16(15-6-4-3-5-7-15)11-18-10-14-8-9-20-12-14/h3-9,12,16,18-19H,10-11,13H2,1-2H3. The van der Waals surface area contributed by atoms with E-state index in [1.807, 2.05) is 6.07 Å². The molecule has 0 aliphatic carbocycles. The monoisotopic (exact) mass is 289 g/mol. The van der Waals surface area contributed by atoms with E-state index in [9.17, 15) is 5.11 Å². The lowest BCUT2D eigenvalue weighted by atomic mass is 9.75. The first kappa shape index (κ1) is 15.2. The van der Waals surface area contributed by atoms with Crippen LogP contribution in [0.25, 0.3) is 0 Å². The molecule has 0 amide bonds. The SMILES string of the molecule is CC(C)(CO)C(CNCc1ccsc1)c1ccccc1. The molecule has 0 aliphatic rings. The van der Waals surface area contributed by atoms with E-state index < -0.39 is 0 Å². The predicted octanol–water partition coefficient (Wildman–Crippen LogP) is 3.64. The third-order valence-electron chi connectivity index (χ3n) is 3.81. The first-order chi connectivity index (χ1) is 9.63. The zero-order chi connectivity index (χ0) is 14.4. The molecular weight excluding hydrogens is 266 g/mol. The summed E-state index contributed by atoms with van der Waals surface area (Å²) in [6, 6.07) is 12.6. The van der Waals surface area contributed by atoms with Crippen LogP contribution in [-0.2, 0) is 6.54 Å². The van der Waals surface area contributed by atoms with Gasteiger partial charge in [-0.1, -0.05) is 44.2 Å². The van der Waals surface area contributed by atoms with Crippen LogP contribution in [0.2, 0.25) is 0 Å². The van der Waals surface area contributed by atoms with Gasteiger partial charge in [-0.15, -0.1) is 0 Å². The number of benzene rings is 1. The van der Waals surface area contributed by atoms with E-state index in [-0.39, 0.29) is 12.0 Å². The van der Waals surface area contributed by atoms with Crippen molar-refractivity contribution in [2.75, 3.05) is 13.2 Å². The topological polar surface area (TPSA) is 32.3 Å². The van der Waals surface area contributed by atoms with Gasteiger partial charge in [-0.25, -0.2) is 0 Å². The van der Waals surface area contributed by atoms with Gasteiger partial charge in [0.25, 0.3) is 0 Å². The van der Waals surface area contributed by atoms with Crippen molar-refractivity contribution in [2.24, 2.45) is 5.41 Å². The van der Waals surface area contributed by atoms with Gasteiger partial charge in [0.1, 0.15) is 0 Å². The van der Waals surface area contributed by atoms with Crippen molar-refractivity contribution in [3.63, 3.8) is 0 Å². The summed E-state index contributed by atoms with van der Waals surface area (Å²) in [6.45, 7) is 6.18. The van der Waals surface area contributed by atoms with Crippen molar-refractivity contribution in [1.82, 2.24) is 5.32 Å². The van der Waals surface area contributed by atoms with Gasteiger partial charge >= 0.3 is 0 Å². The summed E-state index contributed by atoms with van der Waals surface area (Å²) in [5, 5.41) is 17.5. The van der Waals surface area contributed by atoms with Crippen molar-refractivity contribution >= 4 is 11.3 Å². The van der Waals surface area contributed by atoms with Gasteiger partial charge in [0.05, 0.1) is 0 Å². The average Bonchev–Trinajstić information content (AvgIpc) is 2.97. The van der Waals surface area contributed by atoms with Crippen LogP contribution in [0.3, 0.4) is 0 Å². The Hall–Kier alpha value is -1.16. The van der Waals surface area contributed by atoms with E-state index in [1.54, 1.807) is 11.3 Å². The zero-order valence-electron chi connectivity index (χ0n) is 12.2. The van der Waals surface area contributed by atoms with Gasteiger partial charge in [0.2, 0.25) is 0 Å². The van der Waals surface area contributed by atoms with Crippen molar-refractivity contribution in [3.05, 3.63) is 58.3 Å². The zero-order valence-corrected chi connectivity index (χ0v) is 13.0. The molecule has 2 nitrogen and oxygen atoms in total. The van der Waals surface area contributed by atoms with Gasteiger partial charge in [-0.05, 0) is 33.4 Å². The van der Waals surface area contributed by atoms with E-state index in [0.717, 1.165) is 13.1 Å². The summed E-state index contributed by atoms with van der Waals surface area (Å²) >= 11 is 1.72. The molecule has 0 radical (unpaired) electrons. The Kier molecular flexibility index (Phi) is 5.35. The maximum atomic E-state index is 9.68. The number of hydrogen-bond donors (Lipinski definition) is 2. The summed E-state index contributed by atoms with van der Waals surface area (Å²) in [7, 11) is 0. The van der Waals surface area contributed by atoms with Gasteiger partial charge < -0.3 is 10.4 Å². The number of hydrogen-bond acceptors (Lipinski definition) is 3. The summed E-state index contributed by atoms with van der Waals surface area (Å²) in [5.41, 5.74) is 2.47.